The fraction of sp³-hybridized carbons (Fsp3) is 0.429. The number of halogens is 3. The first-order chi connectivity index (χ1) is 10.7. The number of carbonyl (C=O) groups excluding carboxylic acids is 1. The van der Waals surface area contributed by atoms with Crippen molar-refractivity contribution in [2.75, 3.05) is 6.61 Å². The van der Waals surface area contributed by atoms with Crippen LogP contribution in [0.25, 0.3) is 0 Å². The lowest BCUT2D eigenvalue weighted by Gasteiger charge is -2.45. The highest BCUT2D eigenvalue weighted by Crippen LogP contribution is 2.42. The third kappa shape index (κ3) is 3.25. The SMILES string of the molecule is CCOC(=O)[C@H]1[C@@H](c2ccccc2)NC(=S)N[C@@]1(O)C(F)(F)F. The van der Waals surface area contributed by atoms with E-state index in [1.54, 1.807) is 23.5 Å². The molecule has 126 valence electrons. The zero-order valence-corrected chi connectivity index (χ0v) is 12.9. The molecule has 0 saturated carbocycles. The molecule has 3 N–H and O–H groups in total. The number of carbonyl (C=O) groups is 1. The predicted octanol–water partition coefficient (Wildman–Crippen LogP) is 1.64. The third-order valence-corrected chi connectivity index (χ3v) is 3.73. The Morgan fingerprint density at radius 3 is 2.52 bits per heavy atom. The fourth-order valence-electron chi connectivity index (χ4n) is 2.47. The summed E-state index contributed by atoms with van der Waals surface area (Å²) < 4.78 is 45.0. The van der Waals surface area contributed by atoms with E-state index in [0.717, 1.165) is 0 Å². The van der Waals surface area contributed by atoms with E-state index in [1.807, 2.05) is 0 Å². The Morgan fingerprint density at radius 1 is 1.39 bits per heavy atom. The Hall–Kier alpha value is -1.87. The molecular formula is C14H15F3N2O3S. The molecule has 0 bridgehead atoms. The number of alkyl halides is 3. The van der Waals surface area contributed by atoms with E-state index in [2.05, 4.69) is 5.32 Å². The second-order valence-corrected chi connectivity index (χ2v) is 5.39. The van der Waals surface area contributed by atoms with Gasteiger partial charge in [-0.3, -0.25) is 4.79 Å². The average Bonchev–Trinajstić information content (AvgIpc) is 2.46. The molecule has 3 atom stereocenters. The summed E-state index contributed by atoms with van der Waals surface area (Å²) in [6.45, 7) is 1.35. The summed E-state index contributed by atoms with van der Waals surface area (Å²) in [4.78, 5) is 12.1. The lowest BCUT2D eigenvalue weighted by atomic mass is 9.82. The maximum Gasteiger partial charge on any atom is 0.437 e. The van der Waals surface area contributed by atoms with Crippen molar-refractivity contribution in [3.05, 3.63) is 35.9 Å². The number of thiocarbonyl (C=S) groups is 1. The van der Waals surface area contributed by atoms with Gasteiger partial charge < -0.3 is 20.5 Å². The first-order valence-corrected chi connectivity index (χ1v) is 7.21. The molecule has 1 fully saturated rings. The van der Waals surface area contributed by atoms with Crippen molar-refractivity contribution in [2.45, 2.75) is 24.9 Å². The second-order valence-electron chi connectivity index (χ2n) is 4.98. The molecule has 1 aromatic rings. The van der Waals surface area contributed by atoms with Gasteiger partial charge in [-0.1, -0.05) is 30.3 Å². The van der Waals surface area contributed by atoms with Crippen LogP contribution in [0.3, 0.4) is 0 Å². The highest BCUT2D eigenvalue weighted by atomic mass is 32.1. The number of hydrogen-bond acceptors (Lipinski definition) is 4. The number of rotatable bonds is 3. The molecule has 0 spiro atoms. The minimum atomic E-state index is -5.14. The molecule has 5 nitrogen and oxygen atoms in total. The molecule has 23 heavy (non-hydrogen) atoms. The standard InChI is InChI=1S/C14H15F3N2O3S/c1-2-22-11(20)9-10(8-6-4-3-5-7-8)18-12(23)19-13(9,21)14(15,16)17/h3-7,9-10,21H,2H2,1H3,(H2,18,19,23)/t9-,10-,13+/m1/s1. The summed E-state index contributed by atoms with van der Waals surface area (Å²) in [5.74, 6) is -3.14. The van der Waals surface area contributed by atoms with Crippen molar-refractivity contribution in [1.29, 1.82) is 0 Å². The zero-order chi connectivity index (χ0) is 17.3. The molecule has 9 heteroatoms. The molecule has 1 aromatic carbocycles. The van der Waals surface area contributed by atoms with E-state index in [0.29, 0.717) is 5.56 Å². The largest absolute Gasteiger partial charge is 0.466 e. The van der Waals surface area contributed by atoms with Gasteiger partial charge in [0.25, 0.3) is 5.72 Å². The first kappa shape index (κ1) is 17.5. The molecule has 1 aliphatic rings. The minimum Gasteiger partial charge on any atom is -0.466 e. The summed E-state index contributed by atoms with van der Waals surface area (Å²) in [6.07, 6.45) is -5.14. The van der Waals surface area contributed by atoms with Gasteiger partial charge in [0.15, 0.2) is 5.11 Å². The van der Waals surface area contributed by atoms with Crippen LogP contribution in [0, 0.1) is 5.92 Å². The van der Waals surface area contributed by atoms with Crippen molar-refractivity contribution in [2.24, 2.45) is 5.92 Å². The van der Waals surface area contributed by atoms with Gasteiger partial charge in [-0.05, 0) is 24.7 Å². The molecule has 1 heterocycles. The highest BCUT2D eigenvalue weighted by molar-refractivity contribution is 7.80. The Labute approximate surface area is 135 Å². The summed E-state index contributed by atoms with van der Waals surface area (Å²) in [5.41, 5.74) is -3.15. The molecule has 1 saturated heterocycles. The Morgan fingerprint density at radius 2 is 2.00 bits per heavy atom. The molecule has 0 unspecified atom stereocenters. The van der Waals surface area contributed by atoms with Gasteiger partial charge in [-0.15, -0.1) is 0 Å². The number of nitrogens with one attached hydrogen (secondary N) is 2. The molecule has 1 aliphatic heterocycles. The molecule has 0 radical (unpaired) electrons. The van der Waals surface area contributed by atoms with Gasteiger partial charge in [0, 0.05) is 0 Å². The Bertz CT molecular complexity index is 597. The topological polar surface area (TPSA) is 70.6 Å². The van der Waals surface area contributed by atoms with E-state index < -0.39 is 34.9 Å². The van der Waals surface area contributed by atoms with E-state index in [-0.39, 0.29) is 6.61 Å². The molecule has 0 amide bonds. The van der Waals surface area contributed by atoms with Crippen molar-refractivity contribution >= 4 is 23.3 Å². The summed E-state index contributed by atoms with van der Waals surface area (Å²) >= 11 is 4.77. The monoisotopic (exact) mass is 348 g/mol. The smallest absolute Gasteiger partial charge is 0.437 e. The van der Waals surface area contributed by atoms with Crippen LogP contribution in [0.15, 0.2) is 30.3 Å². The van der Waals surface area contributed by atoms with Crippen molar-refractivity contribution in [3.63, 3.8) is 0 Å². The van der Waals surface area contributed by atoms with E-state index >= 15 is 0 Å². The number of hydrogen-bond donors (Lipinski definition) is 3. The summed E-state index contributed by atoms with van der Waals surface area (Å²) in [7, 11) is 0. The maximum absolute atomic E-state index is 13.4. The van der Waals surface area contributed by atoms with Gasteiger partial charge in [-0.2, -0.15) is 13.2 Å². The van der Waals surface area contributed by atoms with Gasteiger partial charge in [-0.25, -0.2) is 0 Å². The van der Waals surface area contributed by atoms with Crippen LogP contribution in [0.5, 0.6) is 0 Å². The Balaban J connectivity index is 2.54. The minimum absolute atomic E-state index is 0.116. The van der Waals surface area contributed by atoms with Crippen LogP contribution in [0.4, 0.5) is 13.2 Å². The molecular weight excluding hydrogens is 333 g/mol. The van der Waals surface area contributed by atoms with Gasteiger partial charge >= 0.3 is 12.1 Å². The predicted molar refractivity (Wildman–Crippen MR) is 79.2 cm³/mol. The van der Waals surface area contributed by atoms with Crippen LogP contribution in [0.1, 0.15) is 18.5 Å². The Kier molecular flexibility index (Phi) is 4.81. The lowest BCUT2D eigenvalue weighted by molar-refractivity contribution is -0.292. The van der Waals surface area contributed by atoms with Crippen LogP contribution < -0.4 is 10.6 Å². The zero-order valence-electron chi connectivity index (χ0n) is 12.1. The average molecular weight is 348 g/mol. The van der Waals surface area contributed by atoms with Gasteiger partial charge in [0.1, 0.15) is 5.92 Å². The summed E-state index contributed by atoms with van der Waals surface area (Å²) in [6, 6.07) is 6.78. The highest BCUT2D eigenvalue weighted by Gasteiger charge is 2.66. The van der Waals surface area contributed by atoms with E-state index in [9.17, 15) is 23.1 Å². The fourth-order valence-corrected chi connectivity index (χ4v) is 2.76. The van der Waals surface area contributed by atoms with Crippen LogP contribution in [0.2, 0.25) is 0 Å². The number of aliphatic hydroxyl groups is 1. The van der Waals surface area contributed by atoms with E-state index in [1.165, 1.54) is 19.1 Å². The van der Waals surface area contributed by atoms with Crippen molar-refractivity contribution < 1.29 is 27.8 Å². The quantitative estimate of drug-likeness (QED) is 0.570. The molecule has 0 aliphatic carbocycles. The normalized spacial score (nSPS) is 27.8. The second kappa shape index (κ2) is 6.32. The third-order valence-electron chi connectivity index (χ3n) is 3.51. The first-order valence-electron chi connectivity index (χ1n) is 6.80. The van der Waals surface area contributed by atoms with Gasteiger partial charge in [0.05, 0.1) is 12.6 Å². The van der Waals surface area contributed by atoms with Crippen LogP contribution >= 0.6 is 12.2 Å². The van der Waals surface area contributed by atoms with Crippen molar-refractivity contribution in [1.82, 2.24) is 10.6 Å². The number of esters is 1. The lowest BCUT2D eigenvalue weighted by Crippen LogP contribution is -2.73. The summed E-state index contributed by atoms with van der Waals surface area (Å²) in [5, 5.41) is 14.2. The van der Waals surface area contributed by atoms with Crippen molar-refractivity contribution in [3.8, 4) is 0 Å². The molecule has 2 rings (SSSR count). The molecule has 0 aromatic heterocycles. The number of ether oxygens (including phenoxy) is 1. The van der Waals surface area contributed by atoms with Crippen LogP contribution in [-0.4, -0.2) is 34.7 Å². The van der Waals surface area contributed by atoms with E-state index in [4.69, 9.17) is 17.0 Å². The van der Waals surface area contributed by atoms with Gasteiger partial charge in [0.2, 0.25) is 0 Å². The van der Waals surface area contributed by atoms with Crippen LogP contribution in [-0.2, 0) is 9.53 Å². The maximum atomic E-state index is 13.4. The number of benzene rings is 1.